The molecule has 0 spiro atoms. The Bertz CT molecular complexity index is 6540. The van der Waals surface area contributed by atoms with Crippen LogP contribution in [0.3, 0.4) is 0 Å². The number of likely N-dealkylation sites (tertiary alicyclic amines) is 5. The number of anilines is 5. The molecule has 10 aromatic carbocycles. The summed E-state index contributed by atoms with van der Waals surface area (Å²) in [5.41, 5.74) is 7.20. The smallest absolute Gasteiger partial charge is 0.294 e. The molecule has 0 bridgehead atoms. The van der Waals surface area contributed by atoms with E-state index in [2.05, 4.69) is 103 Å². The van der Waals surface area contributed by atoms with Crippen LogP contribution in [0.5, 0.6) is 28.7 Å². The van der Waals surface area contributed by atoms with Crippen molar-refractivity contribution < 1.29 is 52.8 Å². The number of phenols is 2. The van der Waals surface area contributed by atoms with Crippen LogP contribution in [0.4, 0.5) is 28.4 Å². The van der Waals surface area contributed by atoms with Crippen molar-refractivity contribution in [3.05, 3.63) is 296 Å². The molecule has 5 aliphatic heterocycles. The molecule has 5 aliphatic rings. The van der Waals surface area contributed by atoms with Gasteiger partial charge in [0, 0.05) is 120 Å². The molecular formula is C108H115ClN10O11S4. The van der Waals surface area contributed by atoms with E-state index in [1.54, 1.807) is 80.4 Å². The first-order valence-electron chi connectivity index (χ1n) is 45.7. The van der Waals surface area contributed by atoms with Gasteiger partial charge in [0.15, 0.2) is 5.76 Å². The van der Waals surface area contributed by atoms with Gasteiger partial charge in [-0.05, 0) is 295 Å². The third kappa shape index (κ3) is 22.5. The topological polar surface area (TPSA) is 199 Å². The SMILES string of the molecule is CN1CCC(N(C(=O)c2cc3ccccc3s2)c2cccc(O)c2)CC1.COc1cccc(N(C(=O)c2cc3ccc(C)cc3s2)C2CCN(C)C2)c1.COc1cccc(N(C(=O)c2cc3ccccc3o2)C2CCN(C)CC2)c1.COc1cccc(N(C(=O)c2cc3ccccc3s2)C2CCN(C)C2)c1.Cc1ccc2c(Cl)c(C(=O)N(c3cccc(O)c3)C3CCN(C)CC3)sc2c1. The van der Waals surface area contributed by atoms with Gasteiger partial charge in [-0.2, -0.15) is 0 Å². The number of hydrogen-bond donors (Lipinski definition) is 2. The van der Waals surface area contributed by atoms with Crippen LogP contribution >= 0.6 is 56.9 Å². The summed E-state index contributed by atoms with van der Waals surface area (Å²) < 4.78 is 26.5. The quantitative estimate of drug-likeness (QED) is 0.0821. The maximum absolute atomic E-state index is 13.7. The van der Waals surface area contributed by atoms with Gasteiger partial charge in [0.1, 0.15) is 39.2 Å². The van der Waals surface area contributed by atoms with Crippen LogP contribution in [0.25, 0.3) is 51.3 Å². The molecule has 2 unspecified atom stereocenters. The first-order valence-corrected chi connectivity index (χ1v) is 49.3. The van der Waals surface area contributed by atoms with Gasteiger partial charge in [-0.3, -0.25) is 24.0 Å². The van der Waals surface area contributed by atoms with Gasteiger partial charge in [-0.1, -0.05) is 121 Å². The Kier molecular flexibility index (Phi) is 31.0. The average molecular weight is 1890 g/mol. The summed E-state index contributed by atoms with van der Waals surface area (Å²) in [6.45, 7) is 13.6. The minimum absolute atomic E-state index is 0.0198. The van der Waals surface area contributed by atoms with E-state index >= 15 is 0 Å². The highest BCUT2D eigenvalue weighted by molar-refractivity contribution is 7.22. The van der Waals surface area contributed by atoms with Crippen molar-refractivity contribution in [1.29, 1.82) is 0 Å². The van der Waals surface area contributed by atoms with Crippen LogP contribution in [0.2, 0.25) is 5.02 Å². The molecule has 0 saturated carbocycles. The van der Waals surface area contributed by atoms with Gasteiger partial charge in [0.25, 0.3) is 29.5 Å². The Balaban J connectivity index is 0.000000122. The van der Waals surface area contributed by atoms with Crippen molar-refractivity contribution in [3.8, 4) is 28.7 Å². The fraction of sp³-hybridized carbons (Fsp3) is 0.306. The highest BCUT2D eigenvalue weighted by Gasteiger charge is 2.38. The minimum Gasteiger partial charge on any atom is -0.508 e. The number of amides is 5. The van der Waals surface area contributed by atoms with Crippen molar-refractivity contribution in [1.82, 2.24) is 24.5 Å². The number of thiophene rings is 4. The number of aromatic hydroxyl groups is 2. The molecule has 21 nitrogen and oxygen atoms in total. The van der Waals surface area contributed by atoms with Gasteiger partial charge in [-0.15, -0.1) is 45.3 Å². The van der Waals surface area contributed by atoms with Gasteiger partial charge >= 0.3 is 0 Å². The number of carbonyl (C=O) groups is 5. The summed E-state index contributed by atoms with van der Waals surface area (Å²) in [7, 11) is 15.5. The summed E-state index contributed by atoms with van der Waals surface area (Å²) >= 11 is 12.7. The summed E-state index contributed by atoms with van der Waals surface area (Å²) in [5.74, 6) is 2.95. The van der Waals surface area contributed by atoms with Gasteiger partial charge in [-0.25, -0.2) is 0 Å². The Hall–Kier alpha value is -12.0. The van der Waals surface area contributed by atoms with Gasteiger partial charge in [0.2, 0.25) is 0 Å². The van der Waals surface area contributed by atoms with E-state index in [1.807, 2.05) is 213 Å². The zero-order valence-electron chi connectivity index (χ0n) is 77.4. The highest BCUT2D eigenvalue weighted by atomic mass is 35.5. The molecule has 2 N–H and O–H groups in total. The number of methoxy groups -OCH3 is 3. The molecule has 2 atom stereocenters. The minimum atomic E-state index is -0.103. The Morgan fingerprint density at radius 3 is 1.08 bits per heavy atom. The molecule has 10 heterocycles. The molecule has 0 aliphatic carbocycles. The standard InChI is InChI=1S/C22H23ClN2O2S.C22H24N2O3.C22H24N2O2S.2C21H22N2O2S/c1-14-6-7-18-19(12-14)28-21(20(18)23)22(27)25(15-8-10-24(2)11-9-15)16-4-3-5-17(26)13-16;1-23-12-10-17(11-13-23)24(18-7-5-8-19(15-18)26-2)22(25)21-14-16-6-3-4-9-20(16)27-21;1-15-7-8-16-12-21(27-20(16)11-15)22(25)24(18-9-10-23(2)14-18)17-5-4-6-19(13-17)26-3;1-22-11-10-17(14-22)23(16-7-5-8-18(13-16)25-2)21(24)20-12-15-6-3-4-9-19(15)26-20;1-22-11-9-16(10-12-22)23(17-6-4-7-18(24)14-17)21(25)20-13-15-5-2-3-8-19(15)26-20/h3-7,12-13,15,26H,8-11H2,1-2H3;3-9,14-15,17H,10-13H2,1-2H3;4-8,11-13,18H,9-10,14H2,1-3H3;3-9,12-13,17H,10-11,14H2,1-2H3;2-8,13-14,16,24H,9-12H2,1H3. The largest absolute Gasteiger partial charge is 0.508 e. The maximum atomic E-state index is 13.7. The lowest BCUT2D eigenvalue weighted by atomic mass is 10.0. The summed E-state index contributed by atoms with van der Waals surface area (Å²) in [6.07, 6.45) is 7.46. The molecule has 0 radical (unpaired) electrons. The molecule has 26 heteroatoms. The number of phenolic OH excluding ortho intramolecular Hbond substituents is 2. The van der Waals surface area contributed by atoms with Crippen molar-refractivity contribution in [2.45, 2.75) is 95.4 Å². The molecule has 694 valence electrons. The number of rotatable bonds is 18. The number of piperidine rings is 3. The zero-order valence-corrected chi connectivity index (χ0v) is 81.4. The van der Waals surface area contributed by atoms with Crippen LogP contribution in [0, 0.1) is 13.8 Å². The van der Waals surface area contributed by atoms with E-state index in [0.717, 1.165) is 228 Å². The van der Waals surface area contributed by atoms with Gasteiger partial charge in [0.05, 0.1) is 53.1 Å². The predicted octanol–water partition coefficient (Wildman–Crippen LogP) is 22.7. The molecular weight excluding hydrogens is 1780 g/mol. The number of halogens is 1. The van der Waals surface area contributed by atoms with Crippen molar-refractivity contribution >= 4 is 166 Å². The zero-order chi connectivity index (χ0) is 93.8. The fourth-order valence-electron chi connectivity index (χ4n) is 18.4. The second-order valence-electron chi connectivity index (χ2n) is 35.4. The number of hydrogen-bond acceptors (Lipinski definition) is 20. The summed E-state index contributed by atoms with van der Waals surface area (Å²) in [4.78, 5) is 91.4. The number of fused-ring (bicyclic) bond motifs is 5. The number of carbonyl (C=O) groups excluding carboxylic acids is 5. The normalized spacial score (nSPS) is 16.5. The lowest BCUT2D eigenvalue weighted by Gasteiger charge is -2.37. The molecule has 134 heavy (non-hydrogen) atoms. The number of likely N-dealkylation sites (N-methyl/N-ethyl adjacent to an activating group) is 2. The lowest BCUT2D eigenvalue weighted by Crippen LogP contribution is -2.46. The molecule has 5 saturated heterocycles. The van der Waals surface area contributed by atoms with Crippen molar-refractivity contribution in [3.63, 3.8) is 0 Å². The molecule has 5 fully saturated rings. The van der Waals surface area contributed by atoms with E-state index in [1.165, 1.54) is 28.2 Å². The molecule has 5 amide bonds. The molecule has 5 aromatic heterocycles. The van der Waals surface area contributed by atoms with Gasteiger partial charge < -0.3 is 77.8 Å². The van der Waals surface area contributed by atoms with E-state index < -0.39 is 0 Å². The summed E-state index contributed by atoms with van der Waals surface area (Å²) in [5, 5.41) is 25.6. The van der Waals surface area contributed by atoms with Crippen LogP contribution in [-0.4, -0.2) is 216 Å². The second kappa shape index (κ2) is 43.6. The Morgan fingerprint density at radius 1 is 0.336 bits per heavy atom. The average Bonchev–Trinajstić information content (AvgIpc) is 1.61. The first kappa shape index (κ1) is 95.2. The molecule has 15 aromatic rings. The van der Waals surface area contributed by atoms with E-state index in [9.17, 15) is 34.2 Å². The van der Waals surface area contributed by atoms with Crippen LogP contribution < -0.4 is 38.7 Å². The third-order valence-electron chi connectivity index (χ3n) is 25.7. The Labute approximate surface area is 804 Å². The van der Waals surface area contributed by atoms with E-state index in [4.69, 9.17) is 30.2 Å². The van der Waals surface area contributed by atoms with Crippen LogP contribution in [0.15, 0.2) is 259 Å². The number of benzene rings is 10. The van der Waals surface area contributed by atoms with Crippen molar-refractivity contribution in [2.75, 3.05) is 147 Å². The fourth-order valence-corrected chi connectivity index (χ4v) is 23.1. The maximum Gasteiger partial charge on any atom is 0.294 e. The number of aryl methyl sites for hydroxylation is 2. The number of furan rings is 1. The lowest BCUT2D eigenvalue weighted by molar-refractivity contribution is 0.0935. The van der Waals surface area contributed by atoms with Crippen LogP contribution in [-0.2, 0) is 0 Å². The monoisotopic (exact) mass is 1890 g/mol. The Morgan fingerprint density at radius 2 is 0.679 bits per heavy atom. The second-order valence-corrected chi connectivity index (χ2v) is 40.1. The predicted molar refractivity (Wildman–Crippen MR) is 551 cm³/mol. The molecule has 20 rings (SSSR count). The van der Waals surface area contributed by atoms with Crippen LogP contribution in [0.1, 0.15) is 112 Å². The first-order chi connectivity index (χ1) is 64.9. The number of para-hydroxylation sites is 1. The van der Waals surface area contributed by atoms with E-state index in [0.29, 0.717) is 21.3 Å². The third-order valence-corrected chi connectivity index (χ3v) is 30.6. The van der Waals surface area contributed by atoms with E-state index in [-0.39, 0.29) is 71.2 Å². The van der Waals surface area contributed by atoms with Crippen molar-refractivity contribution in [2.24, 2.45) is 0 Å². The number of ether oxygens (including phenoxy) is 3. The summed E-state index contributed by atoms with van der Waals surface area (Å²) in [6, 6.07) is 82.1. The number of nitrogens with zero attached hydrogens (tertiary/aromatic N) is 10. The highest BCUT2D eigenvalue weighted by Crippen LogP contribution is 2.42.